The molecule has 2 unspecified atom stereocenters. The molecule has 0 aliphatic heterocycles. The first-order valence-electron chi connectivity index (χ1n) is 2.48. The van der Waals surface area contributed by atoms with Crippen LogP contribution in [0, 0.1) is 0 Å². The molecule has 0 aromatic heterocycles. The second-order valence-corrected chi connectivity index (χ2v) is 2.32. The first kappa shape index (κ1) is 9.27. The van der Waals surface area contributed by atoms with Crippen LogP contribution in [0.1, 0.15) is 0 Å². The maximum Gasteiger partial charge on any atom is 0.324 e. The lowest BCUT2D eigenvalue weighted by molar-refractivity contribution is -0.137. The van der Waals surface area contributed by atoms with E-state index < -0.39 is 12.0 Å². The third-order valence-corrected chi connectivity index (χ3v) is 1.12. The zero-order chi connectivity index (χ0) is 8.15. The van der Waals surface area contributed by atoms with E-state index in [0.29, 0.717) is 6.29 Å². The molecule has 4 nitrogen and oxygen atoms in total. The molecule has 0 rings (SSSR count). The van der Waals surface area contributed by atoms with Crippen LogP contribution in [-0.2, 0) is 9.59 Å². The van der Waals surface area contributed by atoms with Gasteiger partial charge < -0.3 is 10.8 Å². The number of hydrogen-bond donors (Lipinski definition) is 2. The zero-order valence-electron chi connectivity index (χ0n) is 5.15. The summed E-state index contributed by atoms with van der Waals surface area (Å²) in [7, 11) is 2.07. The Morgan fingerprint density at radius 3 is 2.50 bits per heavy atom. The minimum Gasteiger partial charge on any atom is -0.480 e. The molecule has 0 aliphatic carbocycles. The molecule has 0 bridgehead atoms. The van der Waals surface area contributed by atoms with Crippen LogP contribution >= 0.6 is 9.24 Å². The molecule has 0 aromatic carbocycles. The highest BCUT2D eigenvalue weighted by molar-refractivity contribution is 7.24. The Morgan fingerprint density at radius 1 is 1.70 bits per heavy atom. The van der Waals surface area contributed by atoms with Gasteiger partial charge in [-0.05, 0) is 6.08 Å². The predicted molar refractivity (Wildman–Crippen MR) is 39.5 cm³/mol. The number of carboxylic acid groups (broad SMARTS) is 1. The second kappa shape index (κ2) is 4.14. The largest absolute Gasteiger partial charge is 0.480 e. The van der Waals surface area contributed by atoms with E-state index in [1.807, 2.05) is 0 Å². The standard InChI is InChI=1S/C5H8NO3P/c6-4(5(8)9)1-3(10)2-7/h1-2,4H,6,10H2,(H,8,9)/b3-1+. The summed E-state index contributed by atoms with van der Waals surface area (Å²) in [5.41, 5.74) is 5.04. The van der Waals surface area contributed by atoms with Crippen molar-refractivity contribution in [3.63, 3.8) is 0 Å². The van der Waals surface area contributed by atoms with Gasteiger partial charge in [-0.2, -0.15) is 0 Å². The van der Waals surface area contributed by atoms with E-state index in [2.05, 4.69) is 9.24 Å². The average Bonchev–Trinajstić information content (AvgIpc) is 1.87. The Labute approximate surface area is 60.3 Å². The quantitative estimate of drug-likeness (QED) is 0.327. The molecule has 0 radical (unpaired) electrons. The molecule has 2 atom stereocenters. The van der Waals surface area contributed by atoms with Gasteiger partial charge in [0, 0.05) is 5.31 Å². The van der Waals surface area contributed by atoms with Crippen LogP contribution in [0.2, 0.25) is 0 Å². The number of aldehydes is 1. The molecule has 5 heteroatoms. The summed E-state index contributed by atoms with van der Waals surface area (Å²) in [5, 5.41) is 8.48. The summed E-state index contributed by atoms with van der Waals surface area (Å²) in [5.74, 6) is -1.15. The summed E-state index contributed by atoms with van der Waals surface area (Å²) < 4.78 is 0. The van der Waals surface area contributed by atoms with Crippen LogP contribution in [0.15, 0.2) is 11.4 Å². The van der Waals surface area contributed by atoms with Crippen molar-refractivity contribution in [2.75, 3.05) is 0 Å². The molecule has 0 heterocycles. The minimum atomic E-state index is -1.15. The monoisotopic (exact) mass is 161 g/mol. The second-order valence-electron chi connectivity index (χ2n) is 1.65. The first-order chi connectivity index (χ1) is 4.57. The molecule has 0 aromatic rings. The number of hydrogen-bond acceptors (Lipinski definition) is 3. The van der Waals surface area contributed by atoms with Crippen LogP contribution < -0.4 is 5.73 Å². The normalized spacial score (nSPS) is 14.4. The van der Waals surface area contributed by atoms with Gasteiger partial charge in [0.2, 0.25) is 0 Å². The molecular weight excluding hydrogens is 153 g/mol. The third kappa shape index (κ3) is 3.33. The number of carboxylic acids is 1. The molecule has 0 aliphatic rings. The summed E-state index contributed by atoms with van der Waals surface area (Å²) in [6.45, 7) is 0. The summed E-state index contributed by atoms with van der Waals surface area (Å²) in [6.07, 6.45) is 1.67. The van der Waals surface area contributed by atoms with Crippen LogP contribution in [0.5, 0.6) is 0 Å². The van der Waals surface area contributed by atoms with E-state index in [1.54, 1.807) is 0 Å². The molecule has 0 fully saturated rings. The van der Waals surface area contributed by atoms with Gasteiger partial charge in [0.05, 0.1) is 0 Å². The molecule has 0 amide bonds. The van der Waals surface area contributed by atoms with E-state index in [-0.39, 0.29) is 5.31 Å². The number of rotatable bonds is 3. The summed E-state index contributed by atoms with van der Waals surface area (Å²) in [4.78, 5) is 20.0. The minimum absolute atomic E-state index is 0.245. The van der Waals surface area contributed by atoms with Gasteiger partial charge in [0.25, 0.3) is 0 Å². The number of carbonyl (C=O) groups is 2. The topological polar surface area (TPSA) is 80.4 Å². The van der Waals surface area contributed by atoms with Gasteiger partial charge in [-0.1, -0.05) is 0 Å². The molecule has 10 heavy (non-hydrogen) atoms. The molecule has 56 valence electrons. The highest BCUT2D eigenvalue weighted by Gasteiger charge is 2.06. The van der Waals surface area contributed by atoms with Crippen molar-refractivity contribution in [1.82, 2.24) is 0 Å². The zero-order valence-corrected chi connectivity index (χ0v) is 6.31. The SMILES string of the molecule is NC(/C=C(/P)C=O)C(=O)O. The molecule has 3 N–H and O–H groups in total. The molecule has 0 saturated carbocycles. The Morgan fingerprint density at radius 2 is 2.20 bits per heavy atom. The summed E-state index contributed by atoms with van der Waals surface area (Å²) >= 11 is 0. The smallest absolute Gasteiger partial charge is 0.324 e. The molecule has 0 spiro atoms. The Bertz CT molecular complexity index is 178. The maximum absolute atomic E-state index is 10.1. The number of nitrogens with two attached hydrogens (primary N) is 1. The third-order valence-electron chi connectivity index (χ3n) is 0.793. The Kier molecular flexibility index (Phi) is 3.84. The van der Waals surface area contributed by atoms with Crippen molar-refractivity contribution in [3.05, 3.63) is 11.4 Å². The van der Waals surface area contributed by atoms with Crippen molar-refractivity contribution >= 4 is 21.5 Å². The van der Waals surface area contributed by atoms with Gasteiger partial charge >= 0.3 is 5.97 Å². The first-order valence-corrected chi connectivity index (χ1v) is 3.06. The lowest BCUT2D eigenvalue weighted by Gasteiger charge is -1.97. The van der Waals surface area contributed by atoms with Crippen molar-refractivity contribution in [3.8, 4) is 0 Å². The average molecular weight is 161 g/mol. The predicted octanol–water partition coefficient (Wildman–Crippen LogP) is -0.644. The lowest BCUT2D eigenvalue weighted by atomic mass is 10.3. The van der Waals surface area contributed by atoms with E-state index in [1.165, 1.54) is 0 Å². The van der Waals surface area contributed by atoms with Gasteiger partial charge in [-0.3, -0.25) is 9.59 Å². The van der Waals surface area contributed by atoms with Crippen molar-refractivity contribution in [1.29, 1.82) is 0 Å². The van der Waals surface area contributed by atoms with Gasteiger partial charge in [0.15, 0.2) is 0 Å². The van der Waals surface area contributed by atoms with Crippen molar-refractivity contribution in [2.24, 2.45) is 5.73 Å². The number of allylic oxidation sites excluding steroid dienone is 1. The van der Waals surface area contributed by atoms with Gasteiger partial charge in [-0.25, -0.2) is 0 Å². The highest BCUT2D eigenvalue weighted by Crippen LogP contribution is 2.00. The Hall–Kier alpha value is -0.730. The van der Waals surface area contributed by atoms with E-state index >= 15 is 0 Å². The molecule has 0 saturated heterocycles. The van der Waals surface area contributed by atoms with E-state index in [4.69, 9.17) is 10.8 Å². The van der Waals surface area contributed by atoms with E-state index in [0.717, 1.165) is 6.08 Å². The van der Waals surface area contributed by atoms with Crippen LogP contribution in [0.3, 0.4) is 0 Å². The summed E-state index contributed by atoms with van der Waals surface area (Å²) in [6, 6.07) is -1.10. The van der Waals surface area contributed by atoms with Crippen LogP contribution in [-0.4, -0.2) is 23.4 Å². The van der Waals surface area contributed by atoms with Gasteiger partial charge in [0.1, 0.15) is 12.3 Å². The number of carbonyl (C=O) groups excluding carboxylic acids is 1. The maximum atomic E-state index is 10.1. The Balaban J connectivity index is 4.11. The van der Waals surface area contributed by atoms with E-state index in [9.17, 15) is 9.59 Å². The van der Waals surface area contributed by atoms with Crippen LogP contribution in [0.4, 0.5) is 0 Å². The fourth-order valence-electron chi connectivity index (χ4n) is 0.318. The lowest BCUT2D eigenvalue weighted by Crippen LogP contribution is -2.27. The van der Waals surface area contributed by atoms with Crippen molar-refractivity contribution < 1.29 is 14.7 Å². The number of aliphatic carboxylic acids is 1. The molecular formula is C5H8NO3P. The fraction of sp³-hybridized carbons (Fsp3) is 0.200. The highest BCUT2D eigenvalue weighted by atomic mass is 31.0. The van der Waals surface area contributed by atoms with Gasteiger partial charge in [-0.15, -0.1) is 9.24 Å². The van der Waals surface area contributed by atoms with Crippen molar-refractivity contribution in [2.45, 2.75) is 6.04 Å². The fourth-order valence-corrected chi connectivity index (χ4v) is 0.525. The van der Waals surface area contributed by atoms with Crippen LogP contribution in [0.25, 0.3) is 0 Å².